The van der Waals surface area contributed by atoms with Gasteiger partial charge in [-0.25, -0.2) is 21.3 Å². The summed E-state index contributed by atoms with van der Waals surface area (Å²) in [5, 5.41) is 0. The molecular weight excluding hydrogens is 623 g/mol. The summed E-state index contributed by atoms with van der Waals surface area (Å²) in [6.07, 6.45) is 0. The van der Waals surface area contributed by atoms with Crippen LogP contribution in [-0.4, -0.2) is 89.2 Å². The van der Waals surface area contributed by atoms with Crippen LogP contribution in [0.15, 0.2) is 0 Å². The van der Waals surface area contributed by atoms with Gasteiger partial charge < -0.3 is 26.9 Å². The van der Waals surface area contributed by atoms with E-state index in [0.29, 0.717) is 0 Å². The van der Waals surface area contributed by atoms with Crippen molar-refractivity contribution in [2.24, 2.45) is 0 Å². The molecule has 239 valence electrons. The third kappa shape index (κ3) is 18.1. The Kier molecular flexibility index (Phi) is 24.6. The van der Waals surface area contributed by atoms with Crippen molar-refractivity contribution < 1.29 is 31.6 Å². The van der Waals surface area contributed by atoms with Crippen LogP contribution in [0.3, 0.4) is 0 Å². The molecule has 0 saturated carbocycles. The minimum atomic E-state index is -1.60. The molecule has 0 aliphatic carbocycles. The molecule has 0 rings (SSSR count). The number of hydrogen-bond acceptors (Lipinski definition) is 6. The zero-order valence-corrected chi connectivity index (χ0v) is 37.9. The molecule has 0 aromatic rings. The van der Waals surface area contributed by atoms with E-state index in [1.165, 1.54) is 21.3 Å². The molecule has 6 nitrogen and oxygen atoms in total. The molecule has 0 atom stereocenters. The summed E-state index contributed by atoms with van der Waals surface area (Å²) in [7, 11) is 3.91. The predicted octanol–water partition coefficient (Wildman–Crippen LogP) is 8.85. The topological polar surface area (TPSA) is 37.4 Å². The Balaban J connectivity index is -0.000000336. The van der Waals surface area contributed by atoms with Gasteiger partial charge in [0.05, 0.1) is 5.79 Å². The summed E-state index contributed by atoms with van der Waals surface area (Å²) < 4.78 is 21.5. The summed E-state index contributed by atoms with van der Waals surface area (Å²) in [5.41, 5.74) is 0. The first-order valence-electron chi connectivity index (χ1n) is 13.6. The fourth-order valence-corrected chi connectivity index (χ4v) is 41.3. The third-order valence-corrected chi connectivity index (χ3v) is 28.0. The molecule has 0 spiro atoms. The molecule has 1 radical (unpaired) electrons. The zero-order valence-electron chi connectivity index (χ0n) is 30.6. The van der Waals surface area contributed by atoms with Crippen molar-refractivity contribution in [3.63, 3.8) is 0 Å². The number of hydrogen-bond donors (Lipinski definition) is 0. The van der Waals surface area contributed by atoms with Gasteiger partial charge in [-0.15, -0.1) is 0 Å². The summed E-state index contributed by atoms with van der Waals surface area (Å²) in [4.78, 5) is 0. The first-order chi connectivity index (χ1) is 16.3. The van der Waals surface area contributed by atoms with E-state index in [9.17, 15) is 0 Å². The maximum absolute atomic E-state index is 4.00. The van der Waals surface area contributed by atoms with Crippen molar-refractivity contribution in [3.8, 4) is 0 Å². The van der Waals surface area contributed by atoms with E-state index in [1.807, 2.05) is 0 Å². The smallest absolute Gasteiger partial charge is 0.557 e. The van der Waals surface area contributed by atoms with Gasteiger partial charge in [0, 0.05) is 0 Å². The van der Waals surface area contributed by atoms with Gasteiger partial charge in [-0.1, -0.05) is 118 Å². The van der Waals surface area contributed by atoms with E-state index in [2.05, 4.69) is 173 Å². The molecule has 0 aromatic carbocycles. The Hall–Kier alpha value is 1.59. The first-order valence-corrected chi connectivity index (χ1v) is 34.3. The first kappa shape index (κ1) is 50.2. The van der Waals surface area contributed by atoms with Crippen LogP contribution in [0, 0.1) is 21.3 Å². The number of methoxy groups -OCH3 is 3. The predicted molar refractivity (Wildman–Crippen MR) is 191 cm³/mol. The SMILES string of the molecule is CC(N([Si](C)(C)C)[Si](C)(C)C)(N([Si](C)(C)C)[Si](C)(C)C)N([Si](C)(C)C)[Si](C)(C)C.[CH2-]OC.[CH2-]OC.[CH2-]OC.[Cr+3]. The van der Waals surface area contributed by atoms with Gasteiger partial charge in [-0.3, -0.25) is 0 Å². The van der Waals surface area contributed by atoms with Crippen LogP contribution in [0.2, 0.25) is 118 Å². The minimum Gasteiger partial charge on any atom is -0.557 e. The summed E-state index contributed by atoms with van der Waals surface area (Å²) >= 11 is 0. The maximum atomic E-state index is 4.00. The van der Waals surface area contributed by atoms with Gasteiger partial charge >= 0.3 is 17.4 Å². The van der Waals surface area contributed by atoms with Crippen molar-refractivity contribution >= 4 is 49.4 Å². The number of ether oxygens (including phenoxy) is 3. The van der Waals surface area contributed by atoms with E-state index in [4.69, 9.17) is 0 Å². The Morgan fingerprint density at radius 1 is 0.385 bits per heavy atom. The van der Waals surface area contributed by atoms with Crippen LogP contribution in [-0.2, 0) is 31.6 Å². The summed E-state index contributed by atoms with van der Waals surface area (Å²) in [5.74, 6) is 0.0266. The Morgan fingerprint density at radius 3 is 0.513 bits per heavy atom. The van der Waals surface area contributed by atoms with Gasteiger partial charge in [-0.05, 0) is 28.3 Å². The Morgan fingerprint density at radius 2 is 0.462 bits per heavy atom. The van der Waals surface area contributed by atoms with E-state index < -0.39 is 49.4 Å². The second-order valence-electron chi connectivity index (χ2n) is 15.9. The van der Waals surface area contributed by atoms with Crippen LogP contribution >= 0.6 is 0 Å². The van der Waals surface area contributed by atoms with Crippen molar-refractivity contribution in [1.82, 2.24) is 12.7 Å². The molecule has 0 saturated heterocycles. The van der Waals surface area contributed by atoms with Gasteiger partial charge in [0.1, 0.15) is 49.4 Å². The molecule has 0 heterocycles. The fourth-order valence-electron chi connectivity index (χ4n) is 7.13. The summed E-state index contributed by atoms with van der Waals surface area (Å²) in [6, 6.07) is 0. The van der Waals surface area contributed by atoms with Crippen LogP contribution in [0.5, 0.6) is 0 Å². The average molecular weight is 695 g/mol. The molecule has 0 fully saturated rings. The van der Waals surface area contributed by atoms with E-state index >= 15 is 0 Å². The van der Waals surface area contributed by atoms with Crippen molar-refractivity contribution in [3.05, 3.63) is 21.3 Å². The fraction of sp³-hybridized carbons (Fsp3) is 0.885. The molecule has 0 amide bonds. The van der Waals surface area contributed by atoms with Crippen LogP contribution in [0.1, 0.15) is 6.92 Å². The Bertz CT molecular complexity index is 496. The second kappa shape index (κ2) is 19.1. The molecule has 0 unspecified atom stereocenters. The van der Waals surface area contributed by atoms with Crippen molar-refractivity contribution in [2.75, 3.05) is 21.3 Å². The molecule has 0 aliphatic heterocycles. The second-order valence-corrected chi connectivity index (χ2v) is 45.9. The normalized spacial score (nSPS) is 13.5. The quantitative estimate of drug-likeness (QED) is 0.136. The molecule has 13 heteroatoms. The van der Waals surface area contributed by atoms with Crippen molar-refractivity contribution in [2.45, 2.75) is 131 Å². The average Bonchev–Trinajstić information content (AvgIpc) is 2.46. The monoisotopic (exact) mass is 694 g/mol. The van der Waals surface area contributed by atoms with E-state index in [1.54, 1.807) is 0 Å². The minimum absolute atomic E-state index is 0. The van der Waals surface area contributed by atoms with Gasteiger partial charge in [-0.2, -0.15) is 0 Å². The maximum Gasteiger partial charge on any atom is 3.00 e. The molecule has 0 N–H and O–H groups in total. The van der Waals surface area contributed by atoms with Gasteiger partial charge in [0.2, 0.25) is 0 Å². The standard InChI is InChI=1S/C20H57N3Si6.3C2H5O.Cr/c1-20(21(24(2,3)4)25(5,6)7,22(26(8,9)10)27(11,12)13)23(28(14,15)16)29(17,18)19;3*1-3-2;/h1-19H3;3*1H2,2H3;/q;3*-1;+3. The van der Waals surface area contributed by atoms with E-state index in [-0.39, 0.29) is 23.1 Å². The van der Waals surface area contributed by atoms with Crippen LogP contribution < -0.4 is 0 Å². The van der Waals surface area contributed by atoms with Crippen molar-refractivity contribution in [1.29, 1.82) is 0 Å². The molecular formula is C26H72CrN3O3Si6. The van der Waals surface area contributed by atoms with E-state index in [0.717, 1.165) is 0 Å². The zero-order chi connectivity index (χ0) is 32.4. The largest absolute Gasteiger partial charge is 3.00 e. The van der Waals surface area contributed by atoms with Gasteiger partial charge in [0.25, 0.3) is 0 Å². The van der Waals surface area contributed by atoms with Crippen LogP contribution in [0.25, 0.3) is 0 Å². The molecule has 0 aliphatic rings. The van der Waals surface area contributed by atoms with Gasteiger partial charge in [0.15, 0.2) is 0 Å². The molecule has 39 heavy (non-hydrogen) atoms. The third-order valence-electron chi connectivity index (χ3n) is 5.30. The summed E-state index contributed by atoms with van der Waals surface area (Å²) in [6.45, 7) is 49.5. The molecule has 0 bridgehead atoms. The Labute approximate surface area is 265 Å². The number of rotatable bonds is 9. The number of nitrogens with zero attached hydrogens (tertiary/aromatic N) is 3. The molecule has 0 aromatic heterocycles. The van der Waals surface area contributed by atoms with Crippen LogP contribution in [0.4, 0.5) is 0 Å².